The molecule has 55 heavy (non-hydrogen) atoms. The van der Waals surface area contributed by atoms with E-state index in [1.54, 1.807) is 11.3 Å². The number of hydrogen-bond donors (Lipinski definition) is 0. The van der Waals surface area contributed by atoms with E-state index in [-0.39, 0.29) is 12.0 Å². The average Bonchev–Trinajstić information content (AvgIpc) is 3.93. The fourth-order valence-corrected chi connectivity index (χ4v) is 10.5. The highest BCUT2D eigenvalue weighted by molar-refractivity contribution is 7.26. The number of fused-ring (bicyclic) bond motifs is 10. The summed E-state index contributed by atoms with van der Waals surface area (Å²) < 4.78 is 9.30. The Bertz CT molecular complexity index is 3120. The van der Waals surface area contributed by atoms with Crippen molar-refractivity contribution in [3.63, 3.8) is 0 Å². The molecule has 2 aliphatic carbocycles. The van der Waals surface area contributed by atoms with Crippen molar-refractivity contribution in [3.05, 3.63) is 174 Å². The Kier molecular flexibility index (Phi) is 6.72. The summed E-state index contributed by atoms with van der Waals surface area (Å²) >= 11 is 1.76. The van der Waals surface area contributed by atoms with Crippen molar-refractivity contribution >= 4 is 71.0 Å². The van der Waals surface area contributed by atoms with Crippen LogP contribution in [-0.4, -0.2) is 16.0 Å². The van der Waals surface area contributed by atoms with Crippen LogP contribution in [0.25, 0.3) is 82.1 Å². The van der Waals surface area contributed by atoms with E-state index in [1.165, 1.54) is 38.2 Å². The van der Waals surface area contributed by atoms with Crippen molar-refractivity contribution in [1.82, 2.24) is 9.97 Å². The summed E-state index contributed by atoms with van der Waals surface area (Å²) in [6.07, 6.45) is 15.9. The monoisotopic (exact) mass is 723 g/mol. The molecule has 5 heteroatoms. The third kappa shape index (κ3) is 4.57. The van der Waals surface area contributed by atoms with E-state index in [9.17, 15) is 0 Å². The molecule has 0 saturated carbocycles. The maximum Gasteiger partial charge on any atom is 0.161 e. The van der Waals surface area contributed by atoms with Gasteiger partial charge < -0.3 is 9.32 Å². The van der Waals surface area contributed by atoms with Crippen molar-refractivity contribution in [2.75, 3.05) is 4.90 Å². The van der Waals surface area contributed by atoms with Crippen LogP contribution in [0.2, 0.25) is 0 Å². The molecular weight excluding hydrogens is 691 g/mol. The highest BCUT2D eigenvalue weighted by Gasteiger charge is 2.41. The van der Waals surface area contributed by atoms with E-state index in [4.69, 9.17) is 14.4 Å². The fraction of sp³-hybridized carbons (Fsp3) is 0.0800. The highest BCUT2D eigenvalue weighted by atomic mass is 32.1. The van der Waals surface area contributed by atoms with E-state index in [1.807, 2.05) is 0 Å². The Labute approximate surface area is 322 Å². The summed E-state index contributed by atoms with van der Waals surface area (Å²) in [7, 11) is 0. The minimum atomic E-state index is 0.111. The van der Waals surface area contributed by atoms with Gasteiger partial charge >= 0.3 is 0 Å². The number of anilines is 2. The predicted molar refractivity (Wildman–Crippen MR) is 229 cm³/mol. The lowest BCUT2D eigenvalue weighted by Gasteiger charge is -2.29. The minimum absolute atomic E-state index is 0.111. The standard InChI is InChI=1S/C50H33N3OS/c1-3-15-30(16-4-1)43-33-20-8-7-19-32(33)29-40-45(43)34-21-9-11-25-38(34)53(40)39-26-13-23-36-44-37(24-14-27-41(44)54-48(36)39)50-51-46(31-17-5-2-6-18-31)49-47(52-50)35-22-10-12-28-42(35)55-49/h1-6,8-18,20-29,34,38H,7,19H2. The van der Waals surface area contributed by atoms with Gasteiger partial charge in [0, 0.05) is 43.6 Å². The molecule has 2 unspecified atom stereocenters. The smallest absolute Gasteiger partial charge is 0.161 e. The molecule has 0 saturated heterocycles. The number of aryl methyl sites for hydroxylation is 1. The van der Waals surface area contributed by atoms with Gasteiger partial charge in [-0.15, -0.1) is 11.3 Å². The number of aromatic nitrogens is 2. The topological polar surface area (TPSA) is 42.2 Å². The lowest BCUT2D eigenvalue weighted by Crippen LogP contribution is -2.28. The van der Waals surface area contributed by atoms with Crippen LogP contribution in [-0.2, 0) is 6.42 Å². The lowest BCUT2D eigenvalue weighted by molar-refractivity contribution is 0.663. The van der Waals surface area contributed by atoms with Crippen molar-refractivity contribution in [2.45, 2.75) is 24.8 Å². The number of para-hydroxylation sites is 1. The Balaban J connectivity index is 1.10. The molecule has 9 aromatic rings. The van der Waals surface area contributed by atoms with Crippen LogP contribution >= 0.6 is 11.3 Å². The fourth-order valence-electron chi connectivity index (χ4n) is 9.32. The molecule has 6 aromatic carbocycles. The molecule has 3 aromatic heterocycles. The Hall–Kier alpha value is -6.56. The average molecular weight is 724 g/mol. The van der Waals surface area contributed by atoms with Gasteiger partial charge in [-0.2, -0.15) is 0 Å². The maximum absolute atomic E-state index is 6.99. The molecule has 4 heterocycles. The van der Waals surface area contributed by atoms with Gasteiger partial charge in [0.1, 0.15) is 5.58 Å². The zero-order valence-electron chi connectivity index (χ0n) is 29.8. The number of nitrogens with zero attached hydrogens (tertiary/aromatic N) is 3. The van der Waals surface area contributed by atoms with E-state index in [0.717, 1.165) is 72.9 Å². The normalized spacial score (nSPS) is 17.1. The first-order valence-electron chi connectivity index (χ1n) is 19.1. The highest BCUT2D eigenvalue weighted by Crippen LogP contribution is 2.55. The van der Waals surface area contributed by atoms with E-state index >= 15 is 0 Å². The Morgan fingerprint density at radius 1 is 0.709 bits per heavy atom. The summed E-state index contributed by atoms with van der Waals surface area (Å²) in [5.41, 5.74) is 14.8. The maximum atomic E-state index is 6.99. The molecule has 2 atom stereocenters. The summed E-state index contributed by atoms with van der Waals surface area (Å²) in [6, 6.07) is 45.5. The number of allylic oxidation sites excluding steroid dienone is 3. The number of hydrogen-bond acceptors (Lipinski definition) is 5. The Morgan fingerprint density at radius 3 is 2.38 bits per heavy atom. The molecule has 0 bridgehead atoms. The predicted octanol–water partition coefficient (Wildman–Crippen LogP) is 13.4. The number of thiophene rings is 1. The van der Waals surface area contributed by atoms with Gasteiger partial charge in [-0.3, -0.25) is 0 Å². The quantitative estimate of drug-likeness (QED) is 0.181. The number of rotatable bonds is 4. The van der Waals surface area contributed by atoms with E-state index in [2.05, 4.69) is 169 Å². The van der Waals surface area contributed by atoms with Gasteiger partial charge in [-0.05, 0) is 64.9 Å². The number of benzene rings is 6. The van der Waals surface area contributed by atoms with Gasteiger partial charge in [-0.1, -0.05) is 140 Å². The first kappa shape index (κ1) is 30.9. The molecule has 0 fully saturated rings. The Morgan fingerprint density at radius 2 is 1.49 bits per heavy atom. The van der Waals surface area contributed by atoms with Gasteiger partial charge in [-0.25, -0.2) is 9.97 Å². The van der Waals surface area contributed by atoms with Crippen molar-refractivity contribution in [1.29, 1.82) is 0 Å². The van der Waals surface area contributed by atoms with Crippen molar-refractivity contribution < 1.29 is 4.42 Å². The van der Waals surface area contributed by atoms with Gasteiger partial charge in [0.05, 0.1) is 27.6 Å². The summed E-state index contributed by atoms with van der Waals surface area (Å²) in [4.78, 5) is 13.2. The molecule has 0 radical (unpaired) electrons. The van der Waals surface area contributed by atoms with Crippen LogP contribution in [0, 0.1) is 0 Å². The van der Waals surface area contributed by atoms with Crippen LogP contribution in [0.5, 0.6) is 0 Å². The third-order valence-electron chi connectivity index (χ3n) is 11.7. The van der Waals surface area contributed by atoms with Gasteiger partial charge in [0.2, 0.25) is 0 Å². The first-order valence-corrected chi connectivity index (χ1v) is 19.9. The minimum Gasteiger partial charge on any atom is -0.454 e. The summed E-state index contributed by atoms with van der Waals surface area (Å²) in [5.74, 6) is 0.899. The third-order valence-corrected chi connectivity index (χ3v) is 12.8. The summed E-state index contributed by atoms with van der Waals surface area (Å²) in [6.45, 7) is 0. The molecule has 0 N–H and O–H groups in total. The molecule has 4 nitrogen and oxygen atoms in total. The SMILES string of the molecule is C1=CC2c3c(cc4c(c3-c3ccccc3)C=CCC4)N(c3cccc4c3oc3cccc(-c5nc(-c6ccccc6)c6sc7ccccc7c6n5)c34)C2C=C1. The second-order valence-corrected chi connectivity index (χ2v) is 15.7. The molecule has 1 aliphatic heterocycles. The van der Waals surface area contributed by atoms with Crippen LogP contribution < -0.4 is 4.90 Å². The van der Waals surface area contributed by atoms with Gasteiger partial charge in [0.25, 0.3) is 0 Å². The largest absolute Gasteiger partial charge is 0.454 e. The first-order chi connectivity index (χ1) is 27.3. The zero-order chi connectivity index (χ0) is 36.0. The van der Waals surface area contributed by atoms with Crippen LogP contribution in [0.4, 0.5) is 11.4 Å². The molecule has 0 spiro atoms. The molecule has 260 valence electrons. The van der Waals surface area contributed by atoms with Crippen LogP contribution in [0.3, 0.4) is 0 Å². The number of furan rings is 1. The second-order valence-electron chi connectivity index (χ2n) is 14.7. The second kappa shape index (κ2) is 12.0. The van der Waals surface area contributed by atoms with Crippen LogP contribution in [0.1, 0.15) is 29.0 Å². The molecular formula is C50H33N3OS. The zero-order valence-corrected chi connectivity index (χ0v) is 30.6. The molecule has 12 rings (SSSR count). The van der Waals surface area contributed by atoms with E-state index < -0.39 is 0 Å². The van der Waals surface area contributed by atoms with Crippen molar-refractivity contribution in [2.24, 2.45) is 0 Å². The van der Waals surface area contributed by atoms with Crippen molar-refractivity contribution in [3.8, 4) is 33.8 Å². The summed E-state index contributed by atoms with van der Waals surface area (Å²) in [5, 5.41) is 3.25. The molecule has 3 aliphatic rings. The van der Waals surface area contributed by atoms with Gasteiger partial charge in [0.15, 0.2) is 11.4 Å². The lowest BCUT2D eigenvalue weighted by atomic mass is 9.81. The molecule has 0 amide bonds. The van der Waals surface area contributed by atoms with Crippen LogP contribution in [0.15, 0.2) is 162 Å². The van der Waals surface area contributed by atoms with E-state index in [0.29, 0.717) is 5.82 Å².